The highest BCUT2D eigenvalue weighted by Crippen LogP contribution is 2.09. The smallest absolute Gasteiger partial charge is 0.280 e. The summed E-state index contributed by atoms with van der Waals surface area (Å²) < 4.78 is 1.02. The molecule has 0 saturated carbocycles. The first-order valence-corrected chi connectivity index (χ1v) is 7.68. The van der Waals surface area contributed by atoms with Crippen LogP contribution in [0.2, 0.25) is 0 Å². The molecule has 3 aromatic rings. The van der Waals surface area contributed by atoms with Gasteiger partial charge in [-0.15, -0.1) is 0 Å². The SMILES string of the molecule is CC(=O)Nn1c(CC(=O)Nc2ccccc2)nc2ccccc2c1=O. The Bertz CT molecular complexity index is 996. The molecular formula is C18H16N4O3. The van der Waals surface area contributed by atoms with Crippen LogP contribution in [0.25, 0.3) is 10.9 Å². The topological polar surface area (TPSA) is 93.1 Å². The molecule has 0 saturated heterocycles. The van der Waals surface area contributed by atoms with Gasteiger partial charge >= 0.3 is 0 Å². The number of aromatic nitrogens is 2. The van der Waals surface area contributed by atoms with Crippen molar-refractivity contribution in [2.75, 3.05) is 10.7 Å². The van der Waals surface area contributed by atoms with Crippen molar-refractivity contribution in [2.24, 2.45) is 0 Å². The summed E-state index contributed by atoms with van der Waals surface area (Å²) in [5.41, 5.74) is 3.11. The molecule has 0 aliphatic heterocycles. The molecule has 1 heterocycles. The summed E-state index contributed by atoms with van der Waals surface area (Å²) in [5, 5.41) is 3.10. The average Bonchev–Trinajstić information content (AvgIpc) is 2.59. The van der Waals surface area contributed by atoms with E-state index in [-0.39, 0.29) is 18.2 Å². The number of carbonyl (C=O) groups is 2. The Labute approximate surface area is 143 Å². The molecule has 0 bridgehead atoms. The fourth-order valence-electron chi connectivity index (χ4n) is 2.44. The Kier molecular flexibility index (Phi) is 4.56. The van der Waals surface area contributed by atoms with Crippen LogP contribution < -0.4 is 16.3 Å². The normalized spacial score (nSPS) is 10.4. The first kappa shape index (κ1) is 16.4. The number of nitrogens with one attached hydrogen (secondary N) is 2. The lowest BCUT2D eigenvalue weighted by Gasteiger charge is -2.13. The lowest BCUT2D eigenvalue weighted by Crippen LogP contribution is -2.36. The Morgan fingerprint density at radius 2 is 1.72 bits per heavy atom. The second-order valence-electron chi connectivity index (χ2n) is 5.44. The molecule has 0 radical (unpaired) electrons. The molecule has 25 heavy (non-hydrogen) atoms. The van der Waals surface area contributed by atoms with Gasteiger partial charge in [-0.2, -0.15) is 0 Å². The van der Waals surface area contributed by atoms with E-state index < -0.39 is 11.5 Å². The van der Waals surface area contributed by atoms with E-state index in [1.54, 1.807) is 48.5 Å². The molecule has 0 spiro atoms. The third kappa shape index (κ3) is 3.72. The zero-order valence-electron chi connectivity index (χ0n) is 13.5. The third-order valence-electron chi connectivity index (χ3n) is 3.49. The van der Waals surface area contributed by atoms with Gasteiger partial charge in [-0.3, -0.25) is 19.8 Å². The second kappa shape index (κ2) is 6.96. The van der Waals surface area contributed by atoms with Crippen LogP contribution in [0.5, 0.6) is 0 Å². The monoisotopic (exact) mass is 336 g/mol. The van der Waals surface area contributed by atoms with Gasteiger partial charge in [0.25, 0.3) is 5.56 Å². The molecule has 0 fully saturated rings. The van der Waals surface area contributed by atoms with E-state index in [4.69, 9.17) is 0 Å². The summed E-state index contributed by atoms with van der Waals surface area (Å²) in [6.07, 6.45) is -0.157. The van der Waals surface area contributed by atoms with Gasteiger partial charge in [-0.25, -0.2) is 9.66 Å². The van der Waals surface area contributed by atoms with Crippen molar-refractivity contribution in [1.29, 1.82) is 0 Å². The molecule has 0 atom stereocenters. The molecule has 0 aliphatic rings. The van der Waals surface area contributed by atoms with Crippen LogP contribution in [0.3, 0.4) is 0 Å². The number of nitrogens with zero attached hydrogens (tertiary/aromatic N) is 2. The Hall–Kier alpha value is -3.48. The van der Waals surface area contributed by atoms with E-state index in [2.05, 4.69) is 15.7 Å². The first-order chi connectivity index (χ1) is 12.0. The molecule has 3 rings (SSSR count). The number of para-hydroxylation sites is 2. The van der Waals surface area contributed by atoms with Crippen LogP contribution in [-0.2, 0) is 16.0 Å². The first-order valence-electron chi connectivity index (χ1n) is 7.68. The molecule has 2 aromatic carbocycles. The number of anilines is 1. The fraction of sp³-hybridized carbons (Fsp3) is 0.111. The van der Waals surface area contributed by atoms with Crippen molar-refractivity contribution in [3.8, 4) is 0 Å². The van der Waals surface area contributed by atoms with Crippen molar-refractivity contribution in [3.63, 3.8) is 0 Å². The molecule has 2 amide bonds. The molecule has 0 aliphatic carbocycles. The molecule has 0 unspecified atom stereocenters. The predicted octanol–water partition coefficient (Wildman–Crippen LogP) is 1.67. The summed E-state index contributed by atoms with van der Waals surface area (Å²) in [5.74, 6) is -0.608. The summed E-state index contributed by atoms with van der Waals surface area (Å²) in [7, 11) is 0. The van der Waals surface area contributed by atoms with Gasteiger partial charge in [-0.05, 0) is 24.3 Å². The minimum Gasteiger partial charge on any atom is -0.326 e. The van der Waals surface area contributed by atoms with Gasteiger partial charge in [0.05, 0.1) is 17.3 Å². The van der Waals surface area contributed by atoms with Crippen LogP contribution in [0.4, 0.5) is 5.69 Å². The predicted molar refractivity (Wildman–Crippen MR) is 94.8 cm³/mol. The summed E-state index contributed by atoms with van der Waals surface area (Å²) in [6, 6.07) is 15.7. The van der Waals surface area contributed by atoms with Gasteiger partial charge in [-0.1, -0.05) is 30.3 Å². The largest absolute Gasteiger partial charge is 0.326 e. The molecule has 7 nitrogen and oxygen atoms in total. The lowest BCUT2D eigenvalue weighted by molar-refractivity contribution is -0.116. The zero-order chi connectivity index (χ0) is 17.8. The molecule has 7 heteroatoms. The minimum atomic E-state index is -0.427. The number of rotatable bonds is 4. The van der Waals surface area contributed by atoms with E-state index in [9.17, 15) is 14.4 Å². The van der Waals surface area contributed by atoms with E-state index >= 15 is 0 Å². The van der Waals surface area contributed by atoms with Crippen molar-refractivity contribution < 1.29 is 9.59 Å². The number of amides is 2. The highest BCUT2D eigenvalue weighted by molar-refractivity contribution is 5.92. The quantitative estimate of drug-likeness (QED) is 0.758. The maximum absolute atomic E-state index is 12.6. The Morgan fingerprint density at radius 1 is 1.04 bits per heavy atom. The number of hydrogen-bond acceptors (Lipinski definition) is 4. The number of fused-ring (bicyclic) bond motifs is 1. The van der Waals surface area contributed by atoms with Gasteiger partial charge < -0.3 is 5.32 Å². The minimum absolute atomic E-state index is 0.157. The molecular weight excluding hydrogens is 320 g/mol. The highest BCUT2D eigenvalue weighted by Gasteiger charge is 2.15. The van der Waals surface area contributed by atoms with Crippen molar-refractivity contribution in [2.45, 2.75) is 13.3 Å². The fourth-order valence-corrected chi connectivity index (χ4v) is 2.44. The van der Waals surface area contributed by atoms with E-state index in [0.717, 1.165) is 4.68 Å². The van der Waals surface area contributed by atoms with E-state index in [1.807, 2.05) is 6.07 Å². The number of benzene rings is 2. The van der Waals surface area contributed by atoms with Crippen LogP contribution in [0.1, 0.15) is 12.7 Å². The van der Waals surface area contributed by atoms with Crippen molar-refractivity contribution in [3.05, 3.63) is 70.8 Å². The van der Waals surface area contributed by atoms with Gasteiger partial charge in [0, 0.05) is 12.6 Å². The van der Waals surface area contributed by atoms with Crippen molar-refractivity contribution in [1.82, 2.24) is 9.66 Å². The average molecular weight is 336 g/mol. The standard InChI is InChI=1S/C18H16N4O3/c1-12(23)21-22-16(11-17(24)19-13-7-3-2-4-8-13)20-15-10-6-5-9-14(15)18(22)25/h2-10H,11H2,1H3,(H,19,24)(H,21,23). The van der Waals surface area contributed by atoms with Crippen LogP contribution in [0.15, 0.2) is 59.4 Å². The summed E-state index contributed by atoms with van der Waals surface area (Å²) >= 11 is 0. The summed E-state index contributed by atoms with van der Waals surface area (Å²) in [4.78, 5) is 40.7. The molecule has 2 N–H and O–H groups in total. The Balaban J connectivity index is 1.97. The Morgan fingerprint density at radius 3 is 2.44 bits per heavy atom. The lowest BCUT2D eigenvalue weighted by atomic mass is 10.2. The second-order valence-corrected chi connectivity index (χ2v) is 5.44. The molecule has 126 valence electrons. The van der Waals surface area contributed by atoms with Crippen LogP contribution in [0, 0.1) is 0 Å². The summed E-state index contributed by atoms with van der Waals surface area (Å²) in [6.45, 7) is 1.29. The highest BCUT2D eigenvalue weighted by atomic mass is 16.2. The maximum Gasteiger partial charge on any atom is 0.280 e. The van der Waals surface area contributed by atoms with Gasteiger partial charge in [0.1, 0.15) is 5.82 Å². The zero-order valence-corrected chi connectivity index (χ0v) is 13.5. The van der Waals surface area contributed by atoms with Crippen molar-refractivity contribution >= 4 is 28.4 Å². The van der Waals surface area contributed by atoms with E-state index in [0.29, 0.717) is 16.6 Å². The maximum atomic E-state index is 12.6. The molecule has 1 aromatic heterocycles. The van der Waals surface area contributed by atoms with Crippen LogP contribution in [-0.4, -0.2) is 21.5 Å². The third-order valence-corrected chi connectivity index (χ3v) is 3.49. The van der Waals surface area contributed by atoms with Gasteiger partial charge in [0.2, 0.25) is 11.8 Å². The van der Waals surface area contributed by atoms with Gasteiger partial charge in [0.15, 0.2) is 0 Å². The van der Waals surface area contributed by atoms with Crippen LogP contribution >= 0.6 is 0 Å². The number of hydrogen-bond donors (Lipinski definition) is 2. The van der Waals surface area contributed by atoms with E-state index in [1.165, 1.54) is 6.92 Å². The number of carbonyl (C=O) groups excluding carboxylic acids is 2.